The molecule has 7 heteroatoms. The van der Waals surface area contributed by atoms with Gasteiger partial charge in [0.05, 0.1) is 4.92 Å². The monoisotopic (exact) mass is 392 g/mol. The maximum absolute atomic E-state index is 12.5. The van der Waals surface area contributed by atoms with Crippen LogP contribution in [-0.4, -0.2) is 48.0 Å². The summed E-state index contributed by atoms with van der Waals surface area (Å²) < 4.78 is 0. The van der Waals surface area contributed by atoms with E-state index < -0.39 is 0 Å². The predicted octanol–water partition coefficient (Wildman–Crippen LogP) is 3.53. The van der Waals surface area contributed by atoms with Gasteiger partial charge in [0.1, 0.15) is 5.69 Å². The molecule has 0 aromatic heterocycles. The van der Waals surface area contributed by atoms with Crippen molar-refractivity contribution >= 4 is 29.0 Å². The minimum Gasteiger partial charge on any atom is -0.377 e. The highest BCUT2D eigenvalue weighted by Crippen LogP contribution is 2.34. The van der Waals surface area contributed by atoms with Crippen LogP contribution in [0.25, 0.3) is 6.08 Å². The molecular formula is C22H24N4O3. The van der Waals surface area contributed by atoms with E-state index in [1.807, 2.05) is 47.4 Å². The molecule has 1 aliphatic carbocycles. The van der Waals surface area contributed by atoms with Crippen LogP contribution in [0.4, 0.5) is 17.1 Å². The first kappa shape index (κ1) is 19.0. The van der Waals surface area contributed by atoms with Crippen LogP contribution in [0.1, 0.15) is 18.4 Å². The number of amides is 1. The highest BCUT2D eigenvalue weighted by molar-refractivity contribution is 5.92. The molecule has 1 aliphatic heterocycles. The highest BCUT2D eigenvalue weighted by Gasteiger charge is 2.26. The molecule has 0 radical (unpaired) electrons. The van der Waals surface area contributed by atoms with Crippen molar-refractivity contribution in [2.24, 2.45) is 0 Å². The Kier molecular flexibility index (Phi) is 5.46. The van der Waals surface area contributed by atoms with Crippen molar-refractivity contribution in [3.63, 3.8) is 0 Å². The fraction of sp³-hybridized carbons (Fsp3) is 0.318. The number of rotatable bonds is 6. The van der Waals surface area contributed by atoms with Crippen LogP contribution in [0.15, 0.2) is 54.6 Å². The molecule has 7 nitrogen and oxygen atoms in total. The van der Waals surface area contributed by atoms with Crippen LogP contribution in [0.3, 0.4) is 0 Å². The summed E-state index contributed by atoms with van der Waals surface area (Å²) in [5.41, 5.74) is 2.64. The van der Waals surface area contributed by atoms with E-state index in [1.165, 1.54) is 0 Å². The standard InChI is InChI=1S/C22H24N4O3/c27-22(11-6-17-4-2-1-3-5-17)25-14-12-24(13-15-25)19-9-10-21(26(28)29)20(16-19)23-18-7-8-18/h1-6,9-11,16,18,23H,7-8,12-15H2. The lowest BCUT2D eigenvalue weighted by molar-refractivity contribution is -0.384. The van der Waals surface area contributed by atoms with E-state index in [0.717, 1.165) is 24.1 Å². The van der Waals surface area contributed by atoms with Gasteiger partial charge in [0.2, 0.25) is 5.91 Å². The highest BCUT2D eigenvalue weighted by atomic mass is 16.6. The number of nitrogens with one attached hydrogen (secondary N) is 1. The lowest BCUT2D eigenvalue weighted by atomic mass is 10.2. The third-order valence-electron chi connectivity index (χ3n) is 5.29. The first-order chi connectivity index (χ1) is 14.1. The molecule has 0 unspecified atom stereocenters. The zero-order valence-electron chi connectivity index (χ0n) is 16.2. The lowest BCUT2D eigenvalue weighted by Gasteiger charge is -2.35. The van der Waals surface area contributed by atoms with Crippen LogP contribution in [-0.2, 0) is 4.79 Å². The Labute approximate surface area is 169 Å². The fourth-order valence-electron chi connectivity index (χ4n) is 3.47. The largest absolute Gasteiger partial charge is 0.377 e. The zero-order chi connectivity index (χ0) is 20.2. The van der Waals surface area contributed by atoms with E-state index in [1.54, 1.807) is 18.2 Å². The first-order valence-electron chi connectivity index (χ1n) is 9.92. The molecular weight excluding hydrogens is 368 g/mol. The van der Waals surface area contributed by atoms with Crippen molar-refractivity contribution in [1.82, 2.24) is 4.90 Å². The molecule has 4 rings (SSSR count). The molecule has 2 aromatic carbocycles. The number of hydrogen-bond donors (Lipinski definition) is 1. The van der Waals surface area contributed by atoms with E-state index >= 15 is 0 Å². The molecule has 0 bridgehead atoms. The second kappa shape index (κ2) is 8.34. The second-order valence-corrected chi connectivity index (χ2v) is 7.43. The molecule has 0 atom stereocenters. The van der Waals surface area contributed by atoms with Crippen molar-refractivity contribution in [2.75, 3.05) is 36.4 Å². The summed E-state index contributed by atoms with van der Waals surface area (Å²) in [5, 5.41) is 14.6. The molecule has 1 saturated heterocycles. The van der Waals surface area contributed by atoms with E-state index in [4.69, 9.17) is 0 Å². The number of nitrogens with zero attached hydrogens (tertiary/aromatic N) is 3. The number of nitro benzene ring substituents is 1. The Balaban J connectivity index is 1.38. The minimum atomic E-state index is -0.343. The van der Waals surface area contributed by atoms with Gasteiger partial charge in [-0.15, -0.1) is 0 Å². The Morgan fingerprint density at radius 2 is 1.79 bits per heavy atom. The molecule has 0 spiro atoms. The van der Waals surface area contributed by atoms with E-state index in [-0.39, 0.29) is 16.5 Å². The average molecular weight is 392 g/mol. The van der Waals surface area contributed by atoms with Gasteiger partial charge in [-0.3, -0.25) is 14.9 Å². The Morgan fingerprint density at radius 3 is 2.45 bits per heavy atom. The van der Waals surface area contributed by atoms with Crippen molar-refractivity contribution < 1.29 is 9.72 Å². The average Bonchev–Trinajstić information content (AvgIpc) is 3.56. The van der Waals surface area contributed by atoms with Gasteiger partial charge in [0.25, 0.3) is 5.69 Å². The summed E-state index contributed by atoms with van der Waals surface area (Å²) in [6, 6.07) is 15.3. The van der Waals surface area contributed by atoms with E-state index in [2.05, 4.69) is 10.2 Å². The fourth-order valence-corrected chi connectivity index (χ4v) is 3.47. The molecule has 2 fully saturated rings. The van der Waals surface area contributed by atoms with Gasteiger partial charge in [0, 0.05) is 50.1 Å². The Bertz CT molecular complexity index is 917. The van der Waals surface area contributed by atoms with Gasteiger partial charge in [-0.2, -0.15) is 0 Å². The normalized spacial score (nSPS) is 16.8. The summed E-state index contributed by atoms with van der Waals surface area (Å²) >= 11 is 0. The summed E-state index contributed by atoms with van der Waals surface area (Å²) in [6.45, 7) is 2.65. The number of anilines is 2. The van der Waals surface area contributed by atoms with E-state index in [0.29, 0.717) is 37.9 Å². The van der Waals surface area contributed by atoms with Crippen LogP contribution < -0.4 is 10.2 Å². The van der Waals surface area contributed by atoms with Gasteiger partial charge in [-0.1, -0.05) is 30.3 Å². The van der Waals surface area contributed by atoms with Crippen molar-refractivity contribution in [3.05, 3.63) is 70.3 Å². The van der Waals surface area contributed by atoms with Crippen LogP contribution in [0.5, 0.6) is 0 Å². The molecule has 2 aromatic rings. The lowest BCUT2D eigenvalue weighted by Crippen LogP contribution is -2.48. The van der Waals surface area contributed by atoms with E-state index in [9.17, 15) is 14.9 Å². The number of nitro groups is 1. The maximum Gasteiger partial charge on any atom is 0.292 e. The van der Waals surface area contributed by atoms with Gasteiger partial charge < -0.3 is 15.1 Å². The van der Waals surface area contributed by atoms with Crippen LogP contribution in [0, 0.1) is 10.1 Å². The number of carbonyl (C=O) groups is 1. The van der Waals surface area contributed by atoms with Gasteiger partial charge in [0.15, 0.2) is 0 Å². The number of hydrogen-bond acceptors (Lipinski definition) is 5. The molecule has 1 saturated carbocycles. The molecule has 29 heavy (non-hydrogen) atoms. The van der Waals surface area contributed by atoms with Gasteiger partial charge in [-0.25, -0.2) is 0 Å². The van der Waals surface area contributed by atoms with Crippen molar-refractivity contribution in [1.29, 1.82) is 0 Å². The molecule has 1 N–H and O–H groups in total. The maximum atomic E-state index is 12.5. The first-order valence-corrected chi connectivity index (χ1v) is 9.92. The summed E-state index contributed by atoms with van der Waals surface area (Å²) in [4.78, 5) is 27.4. The summed E-state index contributed by atoms with van der Waals surface area (Å²) in [7, 11) is 0. The Hall–Kier alpha value is -3.35. The van der Waals surface area contributed by atoms with Crippen molar-refractivity contribution in [3.8, 4) is 0 Å². The van der Waals surface area contributed by atoms with Crippen LogP contribution in [0.2, 0.25) is 0 Å². The molecule has 150 valence electrons. The van der Waals surface area contributed by atoms with Gasteiger partial charge >= 0.3 is 0 Å². The quantitative estimate of drug-likeness (QED) is 0.462. The zero-order valence-corrected chi connectivity index (χ0v) is 16.2. The van der Waals surface area contributed by atoms with Crippen LogP contribution >= 0.6 is 0 Å². The number of carbonyl (C=O) groups excluding carboxylic acids is 1. The SMILES string of the molecule is O=C(C=Cc1ccccc1)N1CCN(c2ccc([N+](=O)[O-])c(NC3CC3)c2)CC1. The number of benzene rings is 2. The van der Waals surface area contributed by atoms with Gasteiger partial charge in [-0.05, 0) is 36.6 Å². The Morgan fingerprint density at radius 1 is 1.07 bits per heavy atom. The number of piperazine rings is 1. The second-order valence-electron chi connectivity index (χ2n) is 7.43. The summed E-state index contributed by atoms with van der Waals surface area (Å²) in [5.74, 6) is 0.00768. The predicted molar refractivity (Wildman–Crippen MR) is 114 cm³/mol. The molecule has 1 heterocycles. The molecule has 2 aliphatic rings. The third kappa shape index (κ3) is 4.74. The summed E-state index contributed by atoms with van der Waals surface area (Å²) in [6.07, 6.45) is 5.56. The smallest absolute Gasteiger partial charge is 0.292 e. The minimum absolute atomic E-state index is 0.00768. The molecule has 1 amide bonds. The van der Waals surface area contributed by atoms with Crippen molar-refractivity contribution in [2.45, 2.75) is 18.9 Å². The topological polar surface area (TPSA) is 78.7 Å². The third-order valence-corrected chi connectivity index (χ3v) is 5.29.